The first kappa shape index (κ1) is 14.3. The summed E-state index contributed by atoms with van der Waals surface area (Å²) in [6.07, 6.45) is 1.16. The number of aromatic carboxylic acids is 1. The summed E-state index contributed by atoms with van der Waals surface area (Å²) < 4.78 is 5.39. The summed E-state index contributed by atoms with van der Waals surface area (Å²) in [6, 6.07) is 4.37. The van der Waals surface area contributed by atoms with Crippen LogP contribution in [0.3, 0.4) is 0 Å². The summed E-state index contributed by atoms with van der Waals surface area (Å²) in [5.74, 6) is -1.17. The number of likely N-dealkylation sites (N-methyl/N-ethyl adjacent to an activating group) is 1. The largest absolute Gasteiger partial charge is 0.478 e. The lowest BCUT2D eigenvalue weighted by Gasteiger charge is -2.25. The minimum absolute atomic E-state index is 0.104. The van der Waals surface area contributed by atoms with Crippen LogP contribution in [0, 0.1) is 0 Å². The highest BCUT2D eigenvalue weighted by Crippen LogP contribution is 2.27. The summed E-state index contributed by atoms with van der Waals surface area (Å²) >= 11 is 0. The van der Waals surface area contributed by atoms with Crippen LogP contribution in [0.5, 0.6) is 0 Å². The molecule has 1 aliphatic rings. The van der Waals surface area contributed by atoms with Crippen LogP contribution >= 0.6 is 0 Å². The molecule has 0 aromatic heterocycles. The van der Waals surface area contributed by atoms with E-state index in [-0.39, 0.29) is 17.2 Å². The molecule has 0 aliphatic carbocycles. The molecule has 1 fully saturated rings. The zero-order valence-corrected chi connectivity index (χ0v) is 11.3. The molecule has 3 N–H and O–H groups in total. The monoisotopic (exact) mass is 278 g/mol. The van der Waals surface area contributed by atoms with Crippen molar-refractivity contribution in [2.24, 2.45) is 0 Å². The quantitative estimate of drug-likeness (QED) is 0.814. The van der Waals surface area contributed by atoms with Crippen molar-refractivity contribution in [3.05, 3.63) is 23.8 Å². The first-order valence-corrected chi connectivity index (χ1v) is 6.60. The van der Waals surface area contributed by atoms with Crippen LogP contribution in [0.1, 0.15) is 30.1 Å². The van der Waals surface area contributed by atoms with Crippen LogP contribution < -0.4 is 10.6 Å². The Morgan fingerprint density at radius 2 is 2.25 bits per heavy atom. The second-order valence-corrected chi connectivity index (χ2v) is 4.66. The molecule has 20 heavy (non-hydrogen) atoms. The number of carboxylic acid groups (broad SMARTS) is 1. The van der Waals surface area contributed by atoms with E-state index in [1.165, 1.54) is 17.0 Å². The van der Waals surface area contributed by atoms with Crippen molar-refractivity contribution in [1.29, 1.82) is 0 Å². The topological polar surface area (TPSA) is 92.9 Å². The number of nitrogens with two attached hydrogens (primary N) is 1. The van der Waals surface area contributed by atoms with Crippen molar-refractivity contribution < 1.29 is 19.4 Å². The van der Waals surface area contributed by atoms with Crippen molar-refractivity contribution >= 4 is 23.3 Å². The van der Waals surface area contributed by atoms with Gasteiger partial charge in [-0.25, -0.2) is 4.79 Å². The van der Waals surface area contributed by atoms with Crippen LogP contribution in [0.4, 0.5) is 11.4 Å². The maximum Gasteiger partial charge on any atom is 0.335 e. The smallest absolute Gasteiger partial charge is 0.335 e. The molecule has 0 saturated carbocycles. The number of amides is 1. The minimum Gasteiger partial charge on any atom is -0.478 e. The second-order valence-electron chi connectivity index (χ2n) is 4.66. The molecule has 0 radical (unpaired) electrons. The molecule has 0 bridgehead atoms. The maximum atomic E-state index is 12.4. The highest BCUT2D eigenvalue weighted by Gasteiger charge is 2.29. The molecular formula is C14H18N2O4. The Kier molecular flexibility index (Phi) is 4.24. The van der Waals surface area contributed by atoms with E-state index < -0.39 is 12.1 Å². The molecule has 6 heteroatoms. The molecule has 2 rings (SSSR count). The summed E-state index contributed by atoms with van der Waals surface area (Å²) in [4.78, 5) is 24.8. The summed E-state index contributed by atoms with van der Waals surface area (Å²) in [5, 5.41) is 8.92. The maximum absolute atomic E-state index is 12.4. The van der Waals surface area contributed by atoms with Crippen molar-refractivity contribution in [3.8, 4) is 0 Å². The van der Waals surface area contributed by atoms with Crippen LogP contribution in [0.2, 0.25) is 0 Å². The predicted molar refractivity (Wildman–Crippen MR) is 74.8 cm³/mol. The first-order valence-electron chi connectivity index (χ1n) is 6.60. The van der Waals surface area contributed by atoms with Gasteiger partial charge >= 0.3 is 5.97 Å². The lowest BCUT2D eigenvalue weighted by atomic mass is 10.1. The summed E-state index contributed by atoms with van der Waals surface area (Å²) in [6.45, 7) is 2.90. The van der Waals surface area contributed by atoms with Gasteiger partial charge in [-0.2, -0.15) is 0 Å². The molecule has 6 nitrogen and oxygen atoms in total. The van der Waals surface area contributed by atoms with Crippen molar-refractivity contribution in [2.75, 3.05) is 23.8 Å². The molecular weight excluding hydrogens is 260 g/mol. The number of nitrogen functional groups attached to an aromatic ring is 1. The molecule has 1 atom stereocenters. The highest BCUT2D eigenvalue weighted by atomic mass is 16.5. The SMILES string of the molecule is CCN(C(=O)C1CCCO1)c1ccc(C(=O)O)cc1N. The third-order valence-corrected chi connectivity index (χ3v) is 3.35. The number of carbonyl (C=O) groups is 2. The zero-order valence-electron chi connectivity index (χ0n) is 11.3. The fourth-order valence-corrected chi connectivity index (χ4v) is 2.32. The zero-order chi connectivity index (χ0) is 14.7. The van der Waals surface area contributed by atoms with Gasteiger partial charge in [0, 0.05) is 13.2 Å². The minimum atomic E-state index is -1.04. The van der Waals surface area contributed by atoms with E-state index in [0.717, 1.165) is 6.42 Å². The number of rotatable bonds is 4. The van der Waals surface area contributed by atoms with Crippen molar-refractivity contribution in [2.45, 2.75) is 25.9 Å². The average Bonchev–Trinajstić information content (AvgIpc) is 2.94. The van der Waals surface area contributed by atoms with Gasteiger partial charge in [-0.15, -0.1) is 0 Å². The fourth-order valence-electron chi connectivity index (χ4n) is 2.32. The van der Waals surface area contributed by atoms with E-state index in [1.54, 1.807) is 6.07 Å². The van der Waals surface area contributed by atoms with Crippen LogP contribution in [-0.2, 0) is 9.53 Å². The van der Waals surface area contributed by atoms with Gasteiger partial charge in [0.05, 0.1) is 16.9 Å². The van der Waals surface area contributed by atoms with Gasteiger partial charge in [-0.1, -0.05) is 0 Å². The average molecular weight is 278 g/mol. The van der Waals surface area contributed by atoms with Gasteiger partial charge in [-0.3, -0.25) is 4.79 Å². The van der Waals surface area contributed by atoms with E-state index in [4.69, 9.17) is 15.6 Å². The fraction of sp³-hybridized carbons (Fsp3) is 0.429. The Balaban J connectivity index is 2.27. The van der Waals surface area contributed by atoms with Crippen molar-refractivity contribution in [3.63, 3.8) is 0 Å². The van der Waals surface area contributed by atoms with Gasteiger partial charge in [0.1, 0.15) is 6.10 Å². The van der Waals surface area contributed by atoms with Crippen LogP contribution in [0.15, 0.2) is 18.2 Å². The van der Waals surface area contributed by atoms with E-state index >= 15 is 0 Å². The Morgan fingerprint density at radius 1 is 1.50 bits per heavy atom. The van der Waals surface area contributed by atoms with Gasteiger partial charge in [0.15, 0.2) is 0 Å². The molecule has 108 valence electrons. The molecule has 0 spiro atoms. The van der Waals surface area contributed by atoms with Gasteiger partial charge in [-0.05, 0) is 38.0 Å². The van der Waals surface area contributed by atoms with Gasteiger partial charge < -0.3 is 20.5 Å². The number of hydrogen-bond acceptors (Lipinski definition) is 4. The molecule has 1 unspecified atom stereocenters. The standard InChI is InChI=1S/C14H18N2O4/c1-2-16(13(17)12-4-3-7-20-12)11-6-5-9(14(18)19)8-10(11)15/h5-6,8,12H,2-4,7,15H2,1H3,(H,18,19). The molecule has 1 aromatic carbocycles. The molecule has 1 heterocycles. The van der Waals surface area contributed by atoms with Gasteiger partial charge in [0.25, 0.3) is 5.91 Å². The lowest BCUT2D eigenvalue weighted by Crippen LogP contribution is -2.39. The second kappa shape index (κ2) is 5.92. The third kappa shape index (κ3) is 2.75. The third-order valence-electron chi connectivity index (χ3n) is 3.35. The van der Waals surface area contributed by atoms with Crippen LogP contribution in [-0.4, -0.2) is 36.2 Å². The Labute approximate surface area is 117 Å². The van der Waals surface area contributed by atoms with Crippen molar-refractivity contribution in [1.82, 2.24) is 0 Å². The van der Waals surface area contributed by atoms with E-state index in [2.05, 4.69) is 0 Å². The van der Waals surface area contributed by atoms with E-state index in [9.17, 15) is 9.59 Å². The number of carbonyl (C=O) groups excluding carboxylic acids is 1. The number of anilines is 2. The number of benzene rings is 1. The number of nitrogens with zero attached hydrogens (tertiary/aromatic N) is 1. The lowest BCUT2D eigenvalue weighted by molar-refractivity contribution is -0.127. The molecule has 1 amide bonds. The Hall–Kier alpha value is -2.08. The predicted octanol–water partition coefficient (Wildman–Crippen LogP) is 1.50. The van der Waals surface area contributed by atoms with Crippen LogP contribution in [0.25, 0.3) is 0 Å². The molecule has 1 aromatic rings. The Bertz CT molecular complexity index is 524. The van der Waals surface area contributed by atoms with Gasteiger partial charge in [0.2, 0.25) is 0 Å². The summed E-state index contributed by atoms with van der Waals surface area (Å²) in [7, 11) is 0. The normalized spacial score (nSPS) is 17.9. The summed E-state index contributed by atoms with van der Waals surface area (Å²) in [5.41, 5.74) is 6.78. The highest BCUT2D eigenvalue weighted by molar-refractivity contribution is 6.00. The van der Waals surface area contributed by atoms with E-state index in [1.807, 2.05) is 6.92 Å². The number of ether oxygens (including phenoxy) is 1. The molecule has 1 saturated heterocycles. The Morgan fingerprint density at radius 3 is 2.75 bits per heavy atom. The van der Waals surface area contributed by atoms with E-state index in [0.29, 0.717) is 25.3 Å². The molecule has 1 aliphatic heterocycles. The first-order chi connectivity index (χ1) is 9.54. The number of carboxylic acids is 1. The number of hydrogen-bond donors (Lipinski definition) is 2.